The average Bonchev–Trinajstić information content (AvgIpc) is 2.01. The zero-order chi connectivity index (χ0) is 8.53. The fourth-order valence-electron chi connectivity index (χ4n) is 0.496. The maximum Gasteiger partial charge on any atom is 0.332 e. The first-order chi connectivity index (χ1) is 5.31. The predicted octanol–water partition coefficient (Wildman–Crippen LogP) is 1.48. The smallest absolute Gasteiger partial charge is 0.332 e. The molecular formula is C8H16ClNO2. The van der Waals surface area contributed by atoms with Crippen LogP contribution in [0.25, 0.3) is 0 Å². The van der Waals surface area contributed by atoms with Crippen LogP contribution in [0.4, 0.5) is 0 Å². The first-order valence-electron chi connectivity index (χ1n) is 3.88. The van der Waals surface area contributed by atoms with Gasteiger partial charge in [-0.1, -0.05) is 6.92 Å². The maximum absolute atomic E-state index is 10.7. The molecule has 0 amide bonds. The van der Waals surface area contributed by atoms with Crippen LogP contribution in [-0.4, -0.2) is 19.1 Å². The number of carbonyl (C=O) groups is 1. The summed E-state index contributed by atoms with van der Waals surface area (Å²) in [5.74, 6) is -0.284. The van der Waals surface area contributed by atoms with Crippen LogP contribution >= 0.6 is 12.4 Å². The molecular weight excluding hydrogens is 178 g/mol. The molecule has 0 spiro atoms. The maximum atomic E-state index is 10.7. The highest BCUT2D eigenvalue weighted by Crippen LogP contribution is 1.83. The predicted molar refractivity (Wildman–Crippen MR) is 51.3 cm³/mol. The van der Waals surface area contributed by atoms with Gasteiger partial charge < -0.3 is 10.1 Å². The number of esters is 1. The molecule has 12 heavy (non-hydrogen) atoms. The van der Waals surface area contributed by atoms with Gasteiger partial charge in [-0.2, -0.15) is 0 Å². The van der Waals surface area contributed by atoms with Crippen LogP contribution in [0.3, 0.4) is 0 Å². The lowest BCUT2D eigenvalue weighted by Crippen LogP contribution is -2.06. The van der Waals surface area contributed by atoms with Gasteiger partial charge in [-0.05, 0) is 13.3 Å². The molecule has 0 aliphatic rings. The van der Waals surface area contributed by atoms with Crippen LogP contribution in [0.1, 0.15) is 20.3 Å². The van der Waals surface area contributed by atoms with Gasteiger partial charge in [-0.3, -0.25) is 0 Å². The number of hydrogen-bond acceptors (Lipinski definition) is 3. The van der Waals surface area contributed by atoms with Crippen molar-refractivity contribution in [3.8, 4) is 0 Å². The Kier molecular flexibility index (Phi) is 11.9. The van der Waals surface area contributed by atoms with Gasteiger partial charge in [0.15, 0.2) is 0 Å². The molecule has 3 nitrogen and oxygen atoms in total. The van der Waals surface area contributed by atoms with E-state index in [1.54, 1.807) is 6.20 Å². The second kappa shape index (κ2) is 10.3. The van der Waals surface area contributed by atoms with E-state index in [4.69, 9.17) is 4.74 Å². The number of hydrogen-bond donors (Lipinski definition) is 1. The summed E-state index contributed by atoms with van der Waals surface area (Å²) in [6.45, 7) is 5.23. The molecule has 0 saturated heterocycles. The Morgan fingerprint density at radius 3 is 2.67 bits per heavy atom. The van der Waals surface area contributed by atoms with E-state index in [2.05, 4.69) is 5.32 Å². The van der Waals surface area contributed by atoms with Gasteiger partial charge in [0.05, 0.1) is 6.61 Å². The van der Waals surface area contributed by atoms with Crippen LogP contribution < -0.4 is 5.32 Å². The molecule has 0 aromatic heterocycles. The van der Waals surface area contributed by atoms with Gasteiger partial charge in [-0.15, -0.1) is 12.4 Å². The number of carbonyl (C=O) groups excluding carboxylic acids is 1. The van der Waals surface area contributed by atoms with Crippen molar-refractivity contribution in [3.63, 3.8) is 0 Å². The van der Waals surface area contributed by atoms with Crippen LogP contribution in [0.5, 0.6) is 0 Å². The first kappa shape index (κ1) is 13.9. The van der Waals surface area contributed by atoms with Crippen molar-refractivity contribution in [2.45, 2.75) is 20.3 Å². The van der Waals surface area contributed by atoms with E-state index >= 15 is 0 Å². The summed E-state index contributed by atoms with van der Waals surface area (Å²) < 4.78 is 4.77. The van der Waals surface area contributed by atoms with Gasteiger partial charge in [-0.25, -0.2) is 4.79 Å². The highest BCUT2D eigenvalue weighted by atomic mass is 35.5. The van der Waals surface area contributed by atoms with Gasteiger partial charge in [0, 0.05) is 18.8 Å². The fraction of sp³-hybridized carbons (Fsp3) is 0.625. The Bertz CT molecular complexity index is 137. The molecule has 0 saturated carbocycles. The van der Waals surface area contributed by atoms with Gasteiger partial charge in [0.1, 0.15) is 0 Å². The van der Waals surface area contributed by atoms with Crippen LogP contribution in [0.15, 0.2) is 12.3 Å². The average molecular weight is 194 g/mol. The molecule has 0 aliphatic heterocycles. The summed E-state index contributed by atoms with van der Waals surface area (Å²) in [6, 6.07) is 0. The van der Waals surface area contributed by atoms with E-state index in [-0.39, 0.29) is 18.4 Å². The zero-order valence-corrected chi connectivity index (χ0v) is 8.32. The largest absolute Gasteiger partial charge is 0.463 e. The Morgan fingerprint density at radius 2 is 2.17 bits per heavy atom. The minimum atomic E-state index is -0.284. The van der Waals surface area contributed by atoms with E-state index in [0.717, 1.165) is 13.0 Å². The first-order valence-corrected chi connectivity index (χ1v) is 3.88. The summed E-state index contributed by atoms with van der Waals surface area (Å²) in [7, 11) is 0. The lowest BCUT2D eigenvalue weighted by molar-refractivity contribution is -0.137. The Labute approximate surface area is 79.6 Å². The van der Waals surface area contributed by atoms with E-state index in [9.17, 15) is 4.79 Å². The fourth-order valence-corrected chi connectivity index (χ4v) is 0.496. The molecule has 0 aliphatic carbocycles. The monoisotopic (exact) mass is 193 g/mol. The van der Waals surface area contributed by atoms with Gasteiger partial charge >= 0.3 is 5.97 Å². The second-order valence-electron chi connectivity index (χ2n) is 2.06. The summed E-state index contributed by atoms with van der Waals surface area (Å²) >= 11 is 0. The van der Waals surface area contributed by atoms with Gasteiger partial charge in [0.2, 0.25) is 0 Å². The van der Waals surface area contributed by atoms with E-state index in [1.165, 1.54) is 6.08 Å². The van der Waals surface area contributed by atoms with E-state index in [1.807, 2.05) is 13.8 Å². The summed E-state index contributed by atoms with van der Waals surface area (Å²) in [5.41, 5.74) is 0. The SMILES string of the molecule is CCCOC(=O)C=CNCC.Cl. The van der Waals surface area contributed by atoms with Crippen LogP contribution in [-0.2, 0) is 9.53 Å². The minimum absolute atomic E-state index is 0. The Morgan fingerprint density at radius 1 is 1.50 bits per heavy atom. The van der Waals surface area contributed by atoms with E-state index in [0.29, 0.717) is 6.61 Å². The van der Waals surface area contributed by atoms with Crippen molar-refractivity contribution in [3.05, 3.63) is 12.3 Å². The third-order valence-electron chi connectivity index (χ3n) is 0.990. The molecule has 1 N–H and O–H groups in total. The molecule has 0 unspecified atom stereocenters. The van der Waals surface area contributed by atoms with E-state index < -0.39 is 0 Å². The van der Waals surface area contributed by atoms with Crippen LogP contribution in [0, 0.1) is 0 Å². The number of halogens is 1. The molecule has 0 heterocycles. The topological polar surface area (TPSA) is 38.3 Å². The lowest BCUT2D eigenvalue weighted by Gasteiger charge is -1.97. The molecule has 0 aromatic rings. The molecule has 4 heteroatoms. The van der Waals surface area contributed by atoms with Crippen molar-refractivity contribution in [1.29, 1.82) is 0 Å². The summed E-state index contributed by atoms with van der Waals surface area (Å²) in [6.07, 6.45) is 3.85. The Hall–Kier alpha value is -0.700. The Balaban J connectivity index is 0. The third-order valence-corrected chi connectivity index (χ3v) is 0.990. The molecule has 0 radical (unpaired) electrons. The quantitative estimate of drug-likeness (QED) is 0.531. The van der Waals surface area contributed by atoms with Crippen molar-refractivity contribution in [1.82, 2.24) is 5.32 Å². The normalized spacial score (nSPS) is 9.17. The standard InChI is InChI=1S/C8H15NO2.ClH/c1-3-7-11-8(10)5-6-9-4-2;/h5-6,9H,3-4,7H2,1-2H3;1H. The zero-order valence-electron chi connectivity index (χ0n) is 7.50. The van der Waals surface area contributed by atoms with Gasteiger partial charge in [0.25, 0.3) is 0 Å². The molecule has 0 aromatic carbocycles. The number of rotatable bonds is 5. The second-order valence-corrected chi connectivity index (χ2v) is 2.06. The lowest BCUT2D eigenvalue weighted by atomic mass is 10.5. The van der Waals surface area contributed by atoms with Crippen molar-refractivity contribution in [2.75, 3.05) is 13.2 Å². The minimum Gasteiger partial charge on any atom is -0.463 e. The van der Waals surface area contributed by atoms with Crippen molar-refractivity contribution >= 4 is 18.4 Å². The molecule has 0 atom stereocenters. The highest BCUT2D eigenvalue weighted by Gasteiger charge is 1.92. The number of ether oxygens (including phenoxy) is 1. The summed E-state index contributed by atoms with van der Waals surface area (Å²) in [5, 5.41) is 2.87. The van der Waals surface area contributed by atoms with Crippen LogP contribution in [0.2, 0.25) is 0 Å². The third kappa shape index (κ3) is 9.30. The molecule has 0 rings (SSSR count). The molecule has 0 bridgehead atoms. The van der Waals surface area contributed by atoms with Crippen molar-refractivity contribution < 1.29 is 9.53 Å². The summed E-state index contributed by atoms with van der Waals surface area (Å²) in [4.78, 5) is 10.7. The molecule has 0 fully saturated rings. The van der Waals surface area contributed by atoms with Crippen molar-refractivity contribution in [2.24, 2.45) is 0 Å². The number of nitrogens with one attached hydrogen (secondary N) is 1. The highest BCUT2D eigenvalue weighted by molar-refractivity contribution is 5.85. The molecule has 72 valence electrons.